The quantitative estimate of drug-likeness (QED) is 0.743. The number of hydrogen-bond donors (Lipinski definition) is 1. The Kier molecular flexibility index (Phi) is 2.57. The van der Waals surface area contributed by atoms with Gasteiger partial charge in [-0.25, -0.2) is 0 Å². The predicted molar refractivity (Wildman–Crippen MR) is 71.0 cm³/mol. The number of aromatic nitrogens is 3. The normalized spacial score (nSPS) is 12.8. The molecule has 1 unspecified atom stereocenters. The van der Waals surface area contributed by atoms with Gasteiger partial charge in [-0.1, -0.05) is 24.3 Å². The van der Waals surface area contributed by atoms with E-state index < -0.39 is 0 Å². The second-order valence-electron chi connectivity index (χ2n) is 4.31. The molecule has 0 fully saturated rings. The van der Waals surface area contributed by atoms with Crippen LogP contribution in [0.2, 0.25) is 0 Å². The summed E-state index contributed by atoms with van der Waals surface area (Å²) in [5.41, 5.74) is 9.09. The fourth-order valence-corrected chi connectivity index (χ4v) is 2.14. The minimum absolute atomic E-state index is 0.246. The summed E-state index contributed by atoms with van der Waals surface area (Å²) < 4.78 is 1.76. The van der Waals surface area contributed by atoms with E-state index in [1.165, 1.54) is 0 Å². The highest BCUT2D eigenvalue weighted by molar-refractivity contribution is 5.82. The minimum Gasteiger partial charge on any atom is -0.319 e. The van der Waals surface area contributed by atoms with Crippen LogP contribution >= 0.6 is 0 Å². The first-order valence-electron chi connectivity index (χ1n) is 5.84. The first-order valence-corrected chi connectivity index (χ1v) is 5.84. The van der Waals surface area contributed by atoms with Crippen molar-refractivity contribution in [3.05, 3.63) is 60.0 Å². The fraction of sp³-hybridized carbons (Fsp3) is 0.143. The van der Waals surface area contributed by atoms with Gasteiger partial charge in [0.2, 0.25) is 0 Å². The molecule has 18 heavy (non-hydrogen) atoms. The second kappa shape index (κ2) is 4.23. The number of rotatable bonds is 2. The SMILES string of the molecule is Cn1ccc(C(N)c2cccc3cccnc23)n1. The number of fused-ring (bicyclic) bond motifs is 1. The standard InChI is InChI=1S/C14H14N4/c1-18-9-7-12(17-18)13(15)11-6-2-4-10-5-3-8-16-14(10)11/h2-9,13H,15H2,1H3. The summed E-state index contributed by atoms with van der Waals surface area (Å²) in [6.45, 7) is 0. The molecular formula is C14H14N4. The largest absolute Gasteiger partial charge is 0.319 e. The van der Waals surface area contributed by atoms with Crippen LogP contribution in [-0.4, -0.2) is 14.8 Å². The van der Waals surface area contributed by atoms with E-state index in [1.54, 1.807) is 10.9 Å². The molecule has 4 nitrogen and oxygen atoms in total. The van der Waals surface area contributed by atoms with Crippen molar-refractivity contribution in [2.75, 3.05) is 0 Å². The summed E-state index contributed by atoms with van der Waals surface area (Å²) in [7, 11) is 1.89. The van der Waals surface area contributed by atoms with E-state index in [9.17, 15) is 0 Å². The third-order valence-corrected chi connectivity index (χ3v) is 3.05. The maximum Gasteiger partial charge on any atom is 0.0837 e. The zero-order chi connectivity index (χ0) is 12.5. The van der Waals surface area contributed by atoms with Gasteiger partial charge in [0.1, 0.15) is 0 Å². The Bertz CT molecular complexity index is 682. The summed E-state index contributed by atoms with van der Waals surface area (Å²) in [4.78, 5) is 4.42. The van der Waals surface area contributed by atoms with Crippen LogP contribution < -0.4 is 5.73 Å². The summed E-state index contributed by atoms with van der Waals surface area (Å²) >= 11 is 0. The highest BCUT2D eigenvalue weighted by atomic mass is 15.3. The molecule has 0 aliphatic carbocycles. The van der Waals surface area contributed by atoms with E-state index in [1.807, 2.05) is 49.6 Å². The third-order valence-electron chi connectivity index (χ3n) is 3.05. The van der Waals surface area contributed by atoms with Crippen molar-refractivity contribution in [2.45, 2.75) is 6.04 Å². The topological polar surface area (TPSA) is 56.7 Å². The van der Waals surface area contributed by atoms with Crippen LogP contribution in [0.1, 0.15) is 17.3 Å². The molecule has 0 saturated heterocycles. The van der Waals surface area contributed by atoms with Gasteiger partial charge in [-0.3, -0.25) is 9.67 Å². The number of hydrogen-bond acceptors (Lipinski definition) is 3. The van der Waals surface area contributed by atoms with Crippen LogP contribution in [0.15, 0.2) is 48.8 Å². The maximum atomic E-state index is 6.28. The summed E-state index contributed by atoms with van der Waals surface area (Å²) in [6, 6.07) is 11.7. The number of nitrogens with zero attached hydrogens (tertiary/aromatic N) is 3. The van der Waals surface area contributed by atoms with Crippen LogP contribution in [0.3, 0.4) is 0 Å². The van der Waals surface area contributed by atoms with Crippen molar-refractivity contribution in [3.63, 3.8) is 0 Å². The number of pyridine rings is 1. The lowest BCUT2D eigenvalue weighted by molar-refractivity contribution is 0.717. The maximum absolute atomic E-state index is 6.28. The zero-order valence-electron chi connectivity index (χ0n) is 10.1. The smallest absolute Gasteiger partial charge is 0.0837 e. The van der Waals surface area contributed by atoms with Gasteiger partial charge < -0.3 is 5.73 Å². The molecule has 0 bridgehead atoms. The number of aryl methyl sites for hydroxylation is 1. The van der Waals surface area contributed by atoms with Crippen LogP contribution in [0.5, 0.6) is 0 Å². The van der Waals surface area contributed by atoms with Crippen molar-refractivity contribution in [1.29, 1.82) is 0 Å². The van der Waals surface area contributed by atoms with Crippen LogP contribution in [0.4, 0.5) is 0 Å². The van der Waals surface area contributed by atoms with Crippen LogP contribution in [-0.2, 0) is 7.05 Å². The Hall–Kier alpha value is -2.20. The van der Waals surface area contributed by atoms with Crippen LogP contribution in [0, 0.1) is 0 Å². The average Bonchev–Trinajstić information content (AvgIpc) is 2.84. The second-order valence-corrected chi connectivity index (χ2v) is 4.31. The van der Waals surface area contributed by atoms with E-state index in [0.717, 1.165) is 22.2 Å². The van der Waals surface area contributed by atoms with Crippen molar-refractivity contribution in [2.24, 2.45) is 12.8 Å². The molecule has 1 atom stereocenters. The molecule has 4 heteroatoms. The molecular weight excluding hydrogens is 224 g/mol. The molecule has 0 amide bonds. The lowest BCUT2D eigenvalue weighted by atomic mass is 10.0. The molecule has 2 aromatic heterocycles. The van der Waals surface area contributed by atoms with E-state index in [2.05, 4.69) is 10.1 Å². The monoisotopic (exact) mass is 238 g/mol. The Morgan fingerprint density at radius 2 is 2.00 bits per heavy atom. The van der Waals surface area contributed by atoms with Crippen molar-refractivity contribution in [1.82, 2.24) is 14.8 Å². The Labute approximate surface area is 105 Å². The number of para-hydroxylation sites is 1. The van der Waals surface area contributed by atoms with Gasteiger partial charge in [-0.05, 0) is 12.1 Å². The van der Waals surface area contributed by atoms with E-state index in [-0.39, 0.29) is 6.04 Å². The zero-order valence-corrected chi connectivity index (χ0v) is 10.1. The molecule has 0 saturated carbocycles. The van der Waals surface area contributed by atoms with Gasteiger partial charge >= 0.3 is 0 Å². The minimum atomic E-state index is -0.246. The van der Waals surface area contributed by atoms with E-state index >= 15 is 0 Å². The van der Waals surface area contributed by atoms with Crippen molar-refractivity contribution < 1.29 is 0 Å². The molecule has 0 aliphatic rings. The molecule has 2 N–H and O–H groups in total. The first-order chi connectivity index (χ1) is 8.75. The molecule has 0 spiro atoms. The highest BCUT2D eigenvalue weighted by Crippen LogP contribution is 2.24. The summed E-state index contributed by atoms with van der Waals surface area (Å²) in [6.07, 6.45) is 3.69. The molecule has 3 aromatic rings. The van der Waals surface area contributed by atoms with Gasteiger partial charge in [0.15, 0.2) is 0 Å². The third kappa shape index (κ3) is 1.76. The lowest BCUT2D eigenvalue weighted by Crippen LogP contribution is -2.13. The lowest BCUT2D eigenvalue weighted by Gasteiger charge is -2.11. The highest BCUT2D eigenvalue weighted by Gasteiger charge is 2.14. The molecule has 2 heterocycles. The summed E-state index contributed by atoms with van der Waals surface area (Å²) in [5, 5.41) is 5.46. The molecule has 3 rings (SSSR count). The Morgan fingerprint density at radius 1 is 1.17 bits per heavy atom. The summed E-state index contributed by atoms with van der Waals surface area (Å²) in [5.74, 6) is 0. The van der Waals surface area contributed by atoms with Crippen molar-refractivity contribution >= 4 is 10.9 Å². The number of benzene rings is 1. The number of nitrogens with two attached hydrogens (primary N) is 1. The Balaban J connectivity index is 2.14. The molecule has 0 aliphatic heterocycles. The van der Waals surface area contributed by atoms with Gasteiger partial charge in [0, 0.05) is 30.4 Å². The van der Waals surface area contributed by atoms with Crippen LogP contribution in [0.25, 0.3) is 10.9 Å². The molecule has 1 aromatic carbocycles. The van der Waals surface area contributed by atoms with Gasteiger partial charge in [-0.15, -0.1) is 0 Å². The van der Waals surface area contributed by atoms with Crippen molar-refractivity contribution in [3.8, 4) is 0 Å². The molecule has 90 valence electrons. The predicted octanol–water partition coefficient (Wildman–Crippen LogP) is 2.02. The average molecular weight is 238 g/mol. The Morgan fingerprint density at radius 3 is 2.78 bits per heavy atom. The van der Waals surface area contributed by atoms with E-state index in [0.29, 0.717) is 0 Å². The molecule has 0 radical (unpaired) electrons. The van der Waals surface area contributed by atoms with E-state index in [4.69, 9.17) is 5.73 Å². The first kappa shape index (κ1) is 10.9. The van der Waals surface area contributed by atoms with Gasteiger partial charge in [0.05, 0.1) is 17.3 Å². The fourth-order valence-electron chi connectivity index (χ4n) is 2.14. The van der Waals surface area contributed by atoms with Gasteiger partial charge in [0.25, 0.3) is 0 Å². The van der Waals surface area contributed by atoms with Gasteiger partial charge in [-0.2, -0.15) is 5.10 Å².